The van der Waals surface area contributed by atoms with E-state index in [0.717, 1.165) is 16.1 Å². The molecule has 0 saturated heterocycles. The van der Waals surface area contributed by atoms with Crippen LogP contribution in [0.25, 0.3) is 11.0 Å². The summed E-state index contributed by atoms with van der Waals surface area (Å²) in [6.45, 7) is 0. The lowest BCUT2D eigenvalue weighted by Gasteiger charge is -2.10. The van der Waals surface area contributed by atoms with Crippen molar-refractivity contribution in [2.24, 2.45) is 0 Å². The van der Waals surface area contributed by atoms with E-state index in [1.165, 1.54) is 30.6 Å². The molecule has 0 radical (unpaired) electrons. The first-order valence-corrected chi connectivity index (χ1v) is 10.7. The van der Waals surface area contributed by atoms with Crippen LogP contribution >= 0.6 is 22.6 Å². The van der Waals surface area contributed by atoms with Crippen molar-refractivity contribution in [3.8, 4) is 11.5 Å². The van der Waals surface area contributed by atoms with Gasteiger partial charge in [0.2, 0.25) is 0 Å². The second-order valence-corrected chi connectivity index (χ2v) is 8.99. The van der Waals surface area contributed by atoms with Crippen molar-refractivity contribution in [1.82, 2.24) is 8.96 Å². The maximum atomic E-state index is 14.1. The average molecular weight is 527 g/mol. The Hall–Kier alpha value is -2.73. The van der Waals surface area contributed by atoms with Crippen LogP contribution < -0.4 is 10.5 Å². The summed E-state index contributed by atoms with van der Waals surface area (Å²) in [5.41, 5.74) is 5.42. The van der Waals surface area contributed by atoms with E-state index in [0.29, 0.717) is 8.96 Å². The minimum absolute atomic E-state index is 0.0592. The van der Waals surface area contributed by atoms with Crippen LogP contribution in [0.3, 0.4) is 0 Å². The molecule has 0 amide bonds. The maximum Gasteiger partial charge on any atom is 0.269 e. The molecule has 4 rings (SSSR count). The number of rotatable bonds is 4. The quantitative estimate of drug-likeness (QED) is 0.312. The monoisotopic (exact) mass is 527 g/mol. The summed E-state index contributed by atoms with van der Waals surface area (Å²) in [7, 11) is -3.93. The van der Waals surface area contributed by atoms with Gasteiger partial charge < -0.3 is 10.5 Å². The predicted octanol–water partition coefficient (Wildman–Crippen LogP) is 4.53. The molecule has 6 nitrogen and oxygen atoms in total. The van der Waals surface area contributed by atoms with Gasteiger partial charge in [-0.2, -0.15) is 0 Å². The molecule has 2 N–H and O–H groups in total. The number of nitrogens with two attached hydrogens (primary N) is 1. The molecular weight excluding hydrogens is 515 g/mol. The molecule has 0 aliphatic carbocycles. The van der Waals surface area contributed by atoms with Crippen LogP contribution in [-0.4, -0.2) is 17.4 Å². The van der Waals surface area contributed by atoms with E-state index in [9.17, 15) is 17.2 Å². The molecule has 0 atom stereocenters. The Bertz CT molecular complexity index is 1320. The smallest absolute Gasteiger partial charge is 0.269 e. The summed E-state index contributed by atoms with van der Waals surface area (Å²) in [6.07, 6.45) is 2.68. The number of hydrogen-bond donors (Lipinski definition) is 1. The third kappa shape index (κ3) is 3.42. The first kappa shape index (κ1) is 19.6. The zero-order chi connectivity index (χ0) is 20.8. The normalized spacial score (nSPS) is 11.7. The second kappa shape index (κ2) is 7.26. The molecule has 29 heavy (non-hydrogen) atoms. The van der Waals surface area contributed by atoms with Gasteiger partial charge in [-0.1, -0.05) is 18.2 Å². The molecule has 4 aromatic rings. The summed E-state index contributed by atoms with van der Waals surface area (Å²) in [6, 6.07) is 11.1. The first-order valence-electron chi connectivity index (χ1n) is 8.17. The van der Waals surface area contributed by atoms with Crippen molar-refractivity contribution in [1.29, 1.82) is 0 Å². The van der Waals surface area contributed by atoms with Crippen molar-refractivity contribution in [2.45, 2.75) is 4.90 Å². The minimum atomic E-state index is -3.93. The van der Waals surface area contributed by atoms with Gasteiger partial charge in [0.1, 0.15) is 5.75 Å². The fourth-order valence-electron chi connectivity index (χ4n) is 2.82. The zero-order valence-electron chi connectivity index (χ0n) is 14.5. The third-order valence-electron chi connectivity index (χ3n) is 4.10. The van der Waals surface area contributed by atoms with Crippen LogP contribution in [-0.2, 0) is 10.0 Å². The molecule has 0 spiro atoms. The highest BCUT2D eigenvalue weighted by Gasteiger charge is 2.24. The van der Waals surface area contributed by atoms with Crippen molar-refractivity contribution in [2.75, 3.05) is 5.73 Å². The highest BCUT2D eigenvalue weighted by atomic mass is 127. The summed E-state index contributed by atoms with van der Waals surface area (Å²) in [4.78, 5) is 4.23. The Morgan fingerprint density at radius 2 is 1.72 bits per heavy atom. The number of ether oxygens (including phenoxy) is 1. The van der Waals surface area contributed by atoms with Gasteiger partial charge in [-0.3, -0.25) is 0 Å². The van der Waals surface area contributed by atoms with Crippen LogP contribution in [0.2, 0.25) is 0 Å². The molecule has 0 fully saturated rings. The van der Waals surface area contributed by atoms with Crippen molar-refractivity contribution < 1.29 is 21.9 Å². The largest absolute Gasteiger partial charge is 0.450 e. The number of nitrogens with zero attached hydrogens (tertiary/aromatic N) is 2. The van der Waals surface area contributed by atoms with Crippen molar-refractivity contribution in [3.63, 3.8) is 0 Å². The highest BCUT2D eigenvalue weighted by Crippen LogP contribution is 2.37. The molecule has 0 bridgehead atoms. The van der Waals surface area contributed by atoms with E-state index in [-0.39, 0.29) is 22.0 Å². The Morgan fingerprint density at radius 1 is 1.07 bits per heavy atom. The molecule has 0 unspecified atom stereocenters. The van der Waals surface area contributed by atoms with Gasteiger partial charge in [0.05, 0.1) is 10.3 Å². The third-order valence-corrected chi connectivity index (χ3v) is 6.59. The zero-order valence-corrected chi connectivity index (χ0v) is 17.5. The summed E-state index contributed by atoms with van der Waals surface area (Å²) in [5, 5.41) is 0.309. The molecule has 0 aliphatic heterocycles. The SMILES string of the molecule is Nc1cc(F)c(Oc2ccnc3c2c(I)cn3S(=O)(=O)c2ccccc2)c(F)c1. The Labute approximate surface area is 178 Å². The van der Waals surface area contributed by atoms with E-state index in [4.69, 9.17) is 10.5 Å². The number of hydrogen-bond acceptors (Lipinski definition) is 5. The molecule has 2 heterocycles. The molecule has 0 aliphatic rings. The van der Waals surface area contributed by atoms with Gasteiger partial charge in [-0.15, -0.1) is 0 Å². The second-order valence-electron chi connectivity index (χ2n) is 6.01. The maximum absolute atomic E-state index is 14.1. The van der Waals surface area contributed by atoms with Crippen LogP contribution in [0.4, 0.5) is 14.5 Å². The highest BCUT2D eigenvalue weighted by molar-refractivity contribution is 14.1. The lowest BCUT2D eigenvalue weighted by atomic mass is 10.2. The molecule has 148 valence electrons. The Balaban J connectivity index is 1.88. The number of aromatic nitrogens is 2. The Morgan fingerprint density at radius 3 is 2.38 bits per heavy atom. The fourth-order valence-corrected chi connectivity index (χ4v) is 5.13. The van der Waals surface area contributed by atoms with Crippen LogP contribution in [0, 0.1) is 15.2 Å². The summed E-state index contributed by atoms with van der Waals surface area (Å²) >= 11 is 1.92. The molecule has 2 aromatic carbocycles. The van der Waals surface area contributed by atoms with Gasteiger partial charge >= 0.3 is 0 Å². The summed E-state index contributed by atoms with van der Waals surface area (Å²) < 4.78 is 61.3. The van der Waals surface area contributed by atoms with Gasteiger partial charge in [-0.25, -0.2) is 26.2 Å². The summed E-state index contributed by atoms with van der Waals surface area (Å²) in [5.74, 6) is -2.53. The molecule has 10 heteroatoms. The minimum Gasteiger partial charge on any atom is -0.450 e. The van der Waals surface area contributed by atoms with E-state index < -0.39 is 27.4 Å². The molecular formula is C19H12F2IN3O3S. The van der Waals surface area contributed by atoms with E-state index in [1.54, 1.807) is 18.2 Å². The lowest BCUT2D eigenvalue weighted by Crippen LogP contribution is -2.12. The number of halogens is 3. The number of nitrogen functional groups attached to an aromatic ring is 1. The topological polar surface area (TPSA) is 87.2 Å². The number of pyridine rings is 1. The number of anilines is 1. The number of fused-ring (bicyclic) bond motifs is 1. The van der Waals surface area contributed by atoms with Crippen molar-refractivity contribution in [3.05, 3.63) is 76.1 Å². The van der Waals surface area contributed by atoms with E-state index in [1.807, 2.05) is 22.6 Å². The fraction of sp³-hybridized carbons (Fsp3) is 0. The predicted molar refractivity (Wildman–Crippen MR) is 112 cm³/mol. The number of benzene rings is 2. The van der Waals surface area contributed by atoms with Crippen molar-refractivity contribution >= 4 is 49.3 Å². The van der Waals surface area contributed by atoms with Gasteiger partial charge in [0.25, 0.3) is 10.0 Å². The first-order chi connectivity index (χ1) is 13.8. The lowest BCUT2D eigenvalue weighted by molar-refractivity contribution is 0.411. The van der Waals surface area contributed by atoms with Gasteiger partial charge in [0, 0.05) is 33.8 Å². The average Bonchev–Trinajstić information content (AvgIpc) is 3.04. The molecule has 2 aromatic heterocycles. The van der Waals surface area contributed by atoms with E-state index >= 15 is 0 Å². The molecule has 0 saturated carbocycles. The van der Waals surface area contributed by atoms with Gasteiger partial charge in [-0.05, 0) is 40.8 Å². The Kier molecular flexibility index (Phi) is 4.90. The van der Waals surface area contributed by atoms with Crippen LogP contribution in [0.5, 0.6) is 11.5 Å². The standard InChI is InChI=1S/C19H12F2IN3O3S/c20-13-8-11(23)9-14(21)18(13)28-16-6-7-24-19-17(16)15(22)10-25(19)29(26,27)12-4-2-1-3-5-12/h1-10H,23H2. The van der Waals surface area contributed by atoms with Gasteiger partial charge in [0.15, 0.2) is 23.0 Å². The van der Waals surface area contributed by atoms with E-state index in [2.05, 4.69) is 4.98 Å². The van der Waals surface area contributed by atoms with Crippen LogP contribution in [0.15, 0.2) is 65.8 Å². The van der Waals surface area contributed by atoms with Crippen LogP contribution in [0.1, 0.15) is 0 Å².